The lowest BCUT2D eigenvalue weighted by Crippen LogP contribution is -2.50. The van der Waals surface area contributed by atoms with Crippen molar-refractivity contribution in [1.82, 2.24) is 20.4 Å². The minimum absolute atomic E-state index is 0.160. The summed E-state index contributed by atoms with van der Waals surface area (Å²) >= 11 is 0. The molecule has 0 bridgehead atoms. The number of aromatic nitrogens is 2. The van der Waals surface area contributed by atoms with E-state index < -0.39 is 30.1 Å². The third-order valence-corrected chi connectivity index (χ3v) is 5.90. The van der Waals surface area contributed by atoms with E-state index in [1.54, 1.807) is 6.07 Å². The average molecular weight is 489 g/mol. The lowest BCUT2D eigenvalue weighted by Gasteiger charge is -2.39. The van der Waals surface area contributed by atoms with Crippen LogP contribution in [0.5, 0.6) is 0 Å². The molecule has 0 spiro atoms. The van der Waals surface area contributed by atoms with Crippen molar-refractivity contribution in [1.29, 1.82) is 0 Å². The second-order valence-corrected chi connectivity index (χ2v) is 8.11. The number of H-pyrrole nitrogens is 1. The van der Waals surface area contributed by atoms with Gasteiger partial charge in [-0.05, 0) is 31.0 Å². The van der Waals surface area contributed by atoms with Crippen molar-refractivity contribution < 1.29 is 27.2 Å². The Morgan fingerprint density at radius 3 is 2.46 bits per heavy atom. The number of nitrogens with zero attached hydrogens (tertiary/aromatic N) is 3. The van der Waals surface area contributed by atoms with Gasteiger partial charge in [-0.15, -0.1) is 0 Å². The molecular formula is C24H23F4N5O2. The van der Waals surface area contributed by atoms with Gasteiger partial charge in [-0.25, -0.2) is 8.78 Å². The number of nitrogens with one attached hydrogen (secondary N) is 2. The molecule has 2 aromatic carbocycles. The number of carbonyl (C=O) groups excluding carboxylic acids is 2. The number of hydrogen-bond acceptors (Lipinski definition) is 4. The molecule has 1 saturated heterocycles. The highest BCUT2D eigenvalue weighted by Crippen LogP contribution is 2.30. The molecule has 1 aliphatic rings. The maximum absolute atomic E-state index is 14.1. The van der Waals surface area contributed by atoms with Gasteiger partial charge in [-0.3, -0.25) is 14.7 Å². The molecule has 1 aromatic heterocycles. The van der Waals surface area contributed by atoms with Crippen LogP contribution in [0.4, 0.5) is 23.2 Å². The fraction of sp³-hybridized carbons (Fsp3) is 0.292. The van der Waals surface area contributed by atoms with E-state index in [0.717, 1.165) is 17.7 Å². The van der Waals surface area contributed by atoms with E-state index in [1.165, 1.54) is 4.90 Å². The predicted molar refractivity (Wildman–Crippen MR) is 121 cm³/mol. The first kappa shape index (κ1) is 24.2. The summed E-state index contributed by atoms with van der Waals surface area (Å²) in [6, 6.07) is 12.6. The first-order valence-corrected chi connectivity index (χ1v) is 11.0. The first-order chi connectivity index (χ1) is 16.8. The van der Waals surface area contributed by atoms with E-state index in [4.69, 9.17) is 0 Å². The molecule has 1 aliphatic heterocycles. The Labute approximate surface area is 198 Å². The quantitative estimate of drug-likeness (QED) is 0.391. The second-order valence-electron chi connectivity index (χ2n) is 8.11. The van der Waals surface area contributed by atoms with Gasteiger partial charge in [0, 0.05) is 30.8 Å². The molecule has 0 saturated carbocycles. The van der Waals surface area contributed by atoms with E-state index in [2.05, 4.69) is 15.5 Å². The van der Waals surface area contributed by atoms with Gasteiger partial charge in [0.05, 0.1) is 17.9 Å². The summed E-state index contributed by atoms with van der Waals surface area (Å²) in [4.78, 5) is 27.0. The number of likely N-dealkylation sites (tertiary alicyclic amines) is 1. The zero-order chi connectivity index (χ0) is 24.9. The molecule has 2 amide bonds. The smallest absolute Gasteiger partial charge is 0.315 e. The van der Waals surface area contributed by atoms with Gasteiger partial charge < -0.3 is 15.1 Å². The Balaban J connectivity index is 1.30. The Morgan fingerprint density at radius 2 is 1.80 bits per heavy atom. The van der Waals surface area contributed by atoms with Crippen LogP contribution in [0.2, 0.25) is 0 Å². The number of benzene rings is 2. The van der Waals surface area contributed by atoms with Gasteiger partial charge in [0.25, 0.3) is 5.91 Å². The van der Waals surface area contributed by atoms with E-state index >= 15 is 0 Å². The fourth-order valence-electron chi connectivity index (χ4n) is 4.10. The number of aromatic amines is 1. The molecule has 35 heavy (non-hydrogen) atoms. The monoisotopic (exact) mass is 489 g/mol. The lowest BCUT2D eigenvalue weighted by atomic mass is 10.0. The molecule has 0 unspecified atom stereocenters. The van der Waals surface area contributed by atoms with Crippen molar-refractivity contribution in [2.45, 2.75) is 25.4 Å². The SMILES string of the molecule is O=C(NCC(=O)N1CCC(N(c2ccc(F)cc2F)C(F)F)CC1)c1cc(-c2ccccc2)n[nH]1. The van der Waals surface area contributed by atoms with E-state index in [0.29, 0.717) is 16.7 Å². The van der Waals surface area contributed by atoms with Gasteiger partial charge in [-0.2, -0.15) is 13.9 Å². The normalized spacial score (nSPS) is 14.3. The molecule has 0 radical (unpaired) electrons. The number of halogens is 4. The number of alkyl halides is 2. The number of carbonyl (C=O) groups is 2. The van der Waals surface area contributed by atoms with Gasteiger partial charge in [0.15, 0.2) is 0 Å². The molecule has 3 aromatic rings. The molecule has 0 atom stereocenters. The molecule has 4 rings (SSSR count). The van der Waals surface area contributed by atoms with Crippen LogP contribution in [0.25, 0.3) is 11.3 Å². The summed E-state index contributed by atoms with van der Waals surface area (Å²) in [7, 11) is 0. The number of hydrogen-bond donors (Lipinski definition) is 2. The lowest BCUT2D eigenvalue weighted by molar-refractivity contribution is -0.131. The van der Waals surface area contributed by atoms with Crippen molar-refractivity contribution in [2.24, 2.45) is 0 Å². The predicted octanol–water partition coefficient (Wildman–Crippen LogP) is 3.80. The summed E-state index contributed by atoms with van der Waals surface area (Å²) in [5, 5.41) is 9.28. The Hall–Kier alpha value is -3.89. The van der Waals surface area contributed by atoms with Crippen LogP contribution in [-0.2, 0) is 4.79 Å². The summed E-state index contributed by atoms with van der Waals surface area (Å²) in [5.74, 6) is -2.79. The van der Waals surface area contributed by atoms with Crippen LogP contribution >= 0.6 is 0 Å². The summed E-state index contributed by atoms with van der Waals surface area (Å²) in [6.07, 6.45) is 0.337. The van der Waals surface area contributed by atoms with Crippen molar-refractivity contribution in [3.63, 3.8) is 0 Å². The molecule has 2 N–H and O–H groups in total. The van der Waals surface area contributed by atoms with E-state index in [-0.39, 0.29) is 49.8 Å². The molecule has 11 heteroatoms. The summed E-state index contributed by atoms with van der Waals surface area (Å²) in [5.41, 5.74) is 1.24. The van der Waals surface area contributed by atoms with Gasteiger partial charge in [0.2, 0.25) is 5.91 Å². The van der Waals surface area contributed by atoms with Crippen molar-refractivity contribution in [3.05, 3.63) is 71.9 Å². The maximum Gasteiger partial charge on any atom is 0.315 e. The number of anilines is 1. The van der Waals surface area contributed by atoms with Gasteiger partial charge in [-0.1, -0.05) is 30.3 Å². The van der Waals surface area contributed by atoms with Crippen molar-refractivity contribution >= 4 is 17.5 Å². The highest BCUT2D eigenvalue weighted by molar-refractivity contribution is 5.95. The van der Waals surface area contributed by atoms with Gasteiger partial charge in [0.1, 0.15) is 17.3 Å². The largest absolute Gasteiger partial charge is 0.342 e. The van der Waals surface area contributed by atoms with E-state index in [9.17, 15) is 27.2 Å². The van der Waals surface area contributed by atoms with Crippen LogP contribution in [0.3, 0.4) is 0 Å². The molecule has 0 aliphatic carbocycles. The van der Waals surface area contributed by atoms with Crippen molar-refractivity contribution in [2.75, 3.05) is 24.5 Å². The fourth-order valence-corrected chi connectivity index (χ4v) is 4.10. The third kappa shape index (κ3) is 5.61. The number of piperidine rings is 1. The highest BCUT2D eigenvalue weighted by Gasteiger charge is 2.33. The maximum atomic E-state index is 14.1. The Kier molecular flexibility index (Phi) is 7.33. The standard InChI is InChI=1S/C24H23F4N5O2/c25-16-6-7-21(18(26)12-16)33(24(27)28)17-8-10-32(11-9-17)22(34)14-29-23(35)20-13-19(30-31-20)15-4-2-1-3-5-15/h1-7,12-13,17,24H,8-11,14H2,(H,29,35)(H,30,31). The highest BCUT2D eigenvalue weighted by atomic mass is 19.3. The zero-order valence-electron chi connectivity index (χ0n) is 18.6. The second kappa shape index (κ2) is 10.6. The zero-order valence-corrected chi connectivity index (χ0v) is 18.6. The third-order valence-electron chi connectivity index (χ3n) is 5.90. The van der Waals surface area contributed by atoms with Crippen LogP contribution in [0.1, 0.15) is 23.3 Å². The van der Waals surface area contributed by atoms with Gasteiger partial charge >= 0.3 is 6.55 Å². The Bertz CT molecular complexity index is 1180. The number of amides is 2. The summed E-state index contributed by atoms with van der Waals surface area (Å²) in [6.45, 7) is -2.94. The van der Waals surface area contributed by atoms with Crippen LogP contribution in [0, 0.1) is 11.6 Å². The molecular weight excluding hydrogens is 466 g/mol. The molecule has 184 valence electrons. The van der Waals surface area contributed by atoms with Crippen LogP contribution < -0.4 is 10.2 Å². The number of rotatable bonds is 7. The minimum atomic E-state index is -2.99. The van der Waals surface area contributed by atoms with E-state index in [1.807, 2.05) is 30.3 Å². The first-order valence-electron chi connectivity index (χ1n) is 11.0. The summed E-state index contributed by atoms with van der Waals surface area (Å²) < 4.78 is 54.7. The molecule has 2 heterocycles. The van der Waals surface area contributed by atoms with Crippen LogP contribution in [-0.4, -0.2) is 59.1 Å². The molecule has 7 nitrogen and oxygen atoms in total. The van der Waals surface area contributed by atoms with Crippen molar-refractivity contribution in [3.8, 4) is 11.3 Å². The minimum Gasteiger partial charge on any atom is -0.342 e. The Morgan fingerprint density at radius 1 is 1.09 bits per heavy atom. The topological polar surface area (TPSA) is 81.3 Å². The molecule has 1 fully saturated rings. The van der Waals surface area contributed by atoms with Crippen LogP contribution in [0.15, 0.2) is 54.6 Å². The average Bonchev–Trinajstić information content (AvgIpc) is 3.35.